The number of nitrogens with zero attached hydrogens (tertiary/aromatic N) is 1. The van der Waals surface area contributed by atoms with E-state index in [2.05, 4.69) is 28.6 Å². The second-order valence-corrected chi connectivity index (χ2v) is 8.49. The largest absolute Gasteiger partial charge is 0.496 e. The molecule has 1 aromatic rings. The SMILES string of the molecule is COc1ccccc1CCNC(=O)[C@H]1CC[C@@H](OC)[C@H](NC2CCN(C)CC2)C1. The molecule has 1 amide bonds. The highest BCUT2D eigenvalue weighted by atomic mass is 16.5. The van der Waals surface area contributed by atoms with Gasteiger partial charge in [-0.3, -0.25) is 4.79 Å². The van der Waals surface area contributed by atoms with Gasteiger partial charge >= 0.3 is 0 Å². The van der Waals surface area contributed by atoms with Crippen LogP contribution in [0, 0.1) is 5.92 Å². The third-order valence-corrected chi connectivity index (χ3v) is 6.51. The summed E-state index contributed by atoms with van der Waals surface area (Å²) in [7, 11) is 5.66. The summed E-state index contributed by atoms with van der Waals surface area (Å²) >= 11 is 0. The highest BCUT2D eigenvalue weighted by Gasteiger charge is 2.35. The van der Waals surface area contributed by atoms with E-state index in [9.17, 15) is 4.79 Å². The number of piperidine rings is 1. The Bertz CT molecular complexity index is 646. The monoisotopic (exact) mass is 403 g/mol. The molecule has 1 aliphatic carbocycles. The molecule has 1 saturated heterocycles. The van der Waals surface area contributed by atoms with Crippen LogP contribution in [0.4, 0.5) is 0 Å². The molecule has 6 nitrogen and oxygen atoms in total. The Morgan fingerprint density at radius 2 is 1.90 bits per heavy atom. The molecular formula is C23H37N3O3. The number of benzene rings is 1. The molecule has 0 radical (unpaired) electrons. The van der Waals surface area contributed by atoms with Crippen LogP contribution in [-0.4, -0.2) is 69.9 Å². The van der Waals surface area contributed by atoms with Gasteiger partial charge in [-0.05, 0) is 70.3 Å². The van der Waals surface area contributed by atoms with Crippen LogP contribution < -0.4 is 15.4 Å². The van der Waals surface area contributed by atoms with Crippen molar-refractivity contribution >= 4 is 5.91 Å². The molecule has 2 fully saturated rings. The smallest absolute Gasteiger partial charge is 0.223 e. The first-order valence-electron chi connectivity index (χ1n) is 11.0. The normalized spacial score (nSPS) is 26.2. The Balaban J connectivity index is 1.48. The summed E-state index contributed by atoms with van der Waals surface area (Å²) in [6.07, 6.45) is 5.99. The first-order chi connectivity index (χ1) is 14.1. The van der Waals surface area contributed by atoms with Gasteiger partial charge in [-0.15, -0.1) is 0 Å². The quantitative estimate of drug-likeness (QED) is 0.697. The fraction of sp³-hybridized carbons (Fsp3) is 0.696. The lowest BCUT2D eigenvalue weighted by molar-refractivity contribution is -0.127. The number of amides is 1. The molecule has 162 valence electrons. The van der Waals surface area contributed by atoms with Crippen LogP contribution in [0.3, 0.4) is 0 Å². The zero-order valence-electron chi connectivity index (χ0n) is 18.2. The number of likely N-dealkylation sites (tertiary alicyclic amines) is 1. The topological polar surface area (TPSA) is 62.8 Å². The van der Waals surface area contributed by atoms with Crippen molar-refractivity contribution in [1.29, 1.82) is 0 Å². The summed E-state index contributed by atoms with van der Waals surface area (Å²) in [6.45, 7) is 2.90. The molecule has 0 spiro atoms. The first kappa shape index (κ1) is 22.1. The lowest BCUT2D eigenvalue weighted by Crippen LogP contribution is -2.53. The van der Waals surface area contributed by atoms with E-state index in [0.29, 0.717) is 12.6 Å². The first-order valence-corrected chi connectivity index (χ1v) is 11.0. The number of ether oxygens (including phenoxy) is 2. The van der Waals surface area contributed by atoms with Gasteiger partial charge in [-0.2, -0.15) is 0 Å². The van der Waals surface area contributed by atoms with Crippen LogP contribution in [-0.2, 0) is 16.0 Å². The summed E-state index contributed by atoms with van der Waals surface area (Å²) in [5, 5.41) is 6.96. The number of carbonyl (C=O) groups excluding carboxylic acids is 1. The number of rotatable bonds is 8. The standard InChI is InChI=1S/C23H37N3O3/c1-26-14-11-19(12-15-26)25-20-16-18(8-9-22(20)29-3)23(27)24-13-10-17-6-4-5-7-21(17)28-2/h4-7,18-20,22,25H,8-16H2,1-3H3,(H,24,27)/t18-,20+,22+/m0/s1. The van der Waals surface area contributed by atoms with Crippen molar-refractivity contribution in [2.45, 2.75) is 56.7 Å². The molecule has 1 heterocycles. The van der Waals surface area contributed by atoms with Gasteiger partial charge in [0.15, 0.2) is 0 Å². The predicted molar refractivity (Wildman–Crippen MR) is 115 cm³/mol. The van der Waals surface area contributed by atoms with Crippen LogP contribution in [0.15, 0.2) is 24.3 Å². The molecule has 6 heteroatoms. The van der Waals surface area contributed by atoms with Crippen LogP contribution in [0.5, 0.6) is 5.75 Å². The summed E-state index contributed by atoms with van der Waals surface area (Å²) < 4.78 is 11.1. The molecule has 29 heavy (non-hydrogen) atoms. The fourth-order valence-corrected chi connectivity index (χ4v) is 4.69. The Hall–Kier alpha value is -1.63. The van der Waals surface area contributed by atoms with E-state index in [-0.39, 0.29) is 24.0 Å². The van der Waals surface area contributed by atoms with Crippen molar-refractivity contribution < 1.29 is 14.3 Å². The maximum atomic E-state index is 12.8. The van der Waals surface area contributed by atoms with Crippen LogP contribution >= 0.6 is 0 Å². The zero-order valence-corrected chi connectivity index (χ0v) is 18.2. The molecule has 2 aliphatic rings. The van der Waals surface area contributed by atoms with E-state index in [1.165, 1.54) is 12.8 Å². The van der Waals surface area contributed by atoms with Gasteiger partial charge in [0.2, 0.25) is 5.91 Å². The fourth-order valence-electron chi connectivity index (χ4n) is 4.69. The second-order valence-electron chi connectivity index (χ2n) is 8.49. The highest BCUT2D eigenvalue weighted by Crippen LogP contribution is 2.28. The lowest BCUT2D eigenvalue weighted by Gasteiger charge is -2.39. The predicted octanol–water partition coefficient (Wildman–Crippen LogP) is 2.22. The van der Waals surface area contributed by atoms with Gasteiger partial charge < -0.3 is 25.0 Å². The molecule has 2 N–H and O–H groups in total. The number of nitrogens with one attached hydrogen (secondary N) is 2. The highest BCUT2D eigenvalue weighted by molar-refractivity contribution is 5.78. The van der Waals surface area contributed by atoms with Gasteiger partial charge in [0.05, 0.1) is 13.2 Å². The second kappa shape index (κ2) is 11.0. The van der Waals surface area contributed by atoms with Crippen LogP contribution in [0.2, 0.25) is 0 Å². The van der Waals surface area contributed by atoms with Crippen molar-refractivity contribution in [2.24, 2.45) is 5.92 Å². The minimum atomic E-state index is 0.0582. The minimum Gasteiger partial charge on any atom is -0.496 e. The van der Waals surface area contributed by atoms with E-state index in [1.807, 2.05) is 18.2 Å². The third-order valence-electron chi connectivity index (χ3n) is 6.51. The molecule has 0 aromatic heterocycles. The van der Waals surface area contributed by atoms with Crippen molar-refractivity contribution in [2.75, 3.05) is 40.9 Å². The molecular weight excluding hydrogens is 366 g/mol. The average Bonchev–Trinajstić information content (AvgIpc) is 2.75. The van der Waals surface area contributed by atoms with E-state index in [4.69, 9.17) is 9.47 Å². The molecule has 3 atom stereocenters. The Morgan fingerprint density at radius 3 is 2.62 bits per heavy atom. The van der Waals surface area contributed by atoms with Crippen LogP contribution in [0.1, 0.15) is 37.7 Å². The van der Waals surface area contributed by atoms with Crippen LogP contribution in [0.25, 0.3) is 0 Å². The zero-order chi connectivity index (χ0) is 20.6. The van der Waals surface area contributed by atoms with Crippen molar-refractivity contribution in [3.63, 3.8) is 0 Å². The lowest BCUT2D eigenvalue weighted by atomic mass is 9.82. The average molecular weight is 404 g/mol. The van der Waals surface area contributed by atoms with Gasteiger partial charge in [0, 0.05) is 31.7 Å². The van der Waals surface area contributed by atoms with Crippen molar-refractivity contribution in [3.05, 3.63) is 29.8 Å². The number of hydrogen-bond donors (Lipinski definition) is 2. The maximum Gasteiger partial charge on any atom is 0.223 e. The van der Waals surface area contributed by atoms with E-state index in [0.717, 1.165) is 50.1 Å². The molecule has 1 aliphatic heterocycles. The number of para-hydroxylation sites is 1. The molecule has 0 bridgehead atoms. The van der Waals surface area contributed by atoms with Gasteiger partial charge in [-0.25, -0.2) is 0 Å². The molecule has 1 saturated carbocycles. The Labute approximate surface area is 175 Å². The van der Waals surface area contributed by atoms with Crippen molar-refractivity contribution in [3.8, 4) is 5.75 Å². The van der Waals surface area contributed by atoms with E-state index < -0.39 is 0 Å². The van der Waals surface area contributed by atoms with E-state index in [1.54, 1.807) is 14.2 Å². The van der Waals surface area contributed by atoms with Crippen molar-refractivity contribution in [1.82, 2.24) is 15.5 Å². The summed E-state index contributed by atoms with van der Waals surface area (Å²) in [5.41, 5.74) is 1.13. The molecule has 0 unspecified atom stereocenters. The van der Waals surface area contributed by atoms with E-state index >= 15 is 0 Å². The Kier molecular flexibility index (Phi) is 8.33. The molecule has 3 rings (SSSR count). The summed E-state index contributed by atoms with van der Waals surface area (Å²) in [6, 6.07) is 8.77. The number of hydrogen-bond acceptors (Lipinski definition) is 5. The number of carbonyl (C=O) groups is 1. The van der Waals surface area contributed by atoms with Gasteiger partial charge in [0.1, 0.15) is 5.75 Å². The number of methoxy groups -OCH3 is 2. The maximum absolute atomic E-state index is 12.8. The summed E-state index contributed by atoms with van der Waals surface area (Å²) in [4.78, 5) is 15.2. The Morgan fingerprint density at radius 1 is 1.14 bits per heavy atom. The summed E-state index contributed by atoms with van der Waals surface area (Å²) in [5.74, 6) is 1.11. The molecule has 1 aromatic carbocycles. The van der Waals surface area contributed by atoms with Gasteiger partial charge in [0.25, 0.3) is 0 Å². The van der Waals surface area contributed by atoms with Gasteiger partial charge in [-0.1, -0.05) is 18.2 Å². The third kappa shape index (κ3) is 6.17. The minimum absolute atomic E-state index is 0.0582.